The predicted octanol–water partition coefficient (Wildman–Crippen LogP) is 2.59. The van der Waals surface area contributed by atoms with Gasteiger partial charge in [-0.15, -0.1) is 10.2 Å². The number of nitrogens with two attached hydrogens (primary N) is 1. The first kappa shape index (κ1) is 24.5. The Morgan fingerprint density at radius 2 is 1.39 bits per heavy atom. The van der Waals surface area contributed by atoms with Crippen LogP contribution >= 0.6 is 0 Å². The summed E-state index contributed by atoms with van der Waals surface area (Å²) in [6, 6.07) is 5.71. The van der Waals surface area contributed by atoms with Crippen LogP contribution in [0.5, 0.6) is 5.75 Å². The van der Waals surface area contributed by atoms with Crippen molar-refractivity contribution in [3.8, 4) is 5.75 Å². The largest absolute Gasteiger partial charge is 0.505 e. The van der Waals surface area contributed by atoms with Gasteiger partial charge in [0.05, 0.1) is 4.90 Å². The minimum atomic E-state index is -5.08. The van der Waals surface area contributed by atoms with Gasteiger partial charge in [0.15, 0.2) is 5.75 Å². The molecule has 16 heteroatoms. The maximum atomic E-state index is 11.9. The second-order valence-electron chi connectivity index (χ2n) is 6.76. The number of aromatic hydroxyl groups is 1. The molecule has 3 aromatic rings. The summed E-state index contributed by atoms with van der Waals surface area (Å²) in [5.74, 6) is -0.847. The van der Waals surface area contributed by atoms with Crippen LogP contribution in [0.15, 0.2) is 61.3 Å². The van der Waals surface area contributed by atoms with Gasteiger partial charge in [-0.1, -0.05) is 0 Å². The van der Waals surface area contributed by atoms with Crippen molar-refractivity contribution in [1.29, 1.82) is 0 Å². The van der Waals surface area contributed by atoms with Gasteiger partial charge < -0.3 is 10.8 Å². The Kier molecular flexibility index (Phi) is 5.95. The Bertz CT molecular complexity index is 1660. The zero-order valence-corrected chi connectivity index (χ0v) is 18.8. The Morgan fingerprint density at radius 3 is 1.94 bits per heavy atom. The highest BCUT2D eigenvalue weighted by Crippen LogP contribution is 2.43. The van der Waals surface area contributed by atoms with E-state index in [1.807, 2.05) is 0 Å². The molecule has 0 aliphatic rings. The molecular weight excluding hydrogens is 502 g/mol. The maximum Gasteiger partial charge on any atom is 0.296 e. The molecule has 0 saturated carbocycles. The third-order valence-corrected chi connectivity index (χ3v) is 7.01. The molecule has 0 fully saturated rings. The average molecular weight is 518 g/mol. The van der Waals surface area contributed by atoms with Gasteiger partial charge in [-0.25, -0.2) is 0 Å². The molecule has 0 amide bonds. The fourth-order valence-electron chi connectivity index (χ4n) is 3.04. The molecule has 13 nitrogen and oxygen atoms in total. The van der Waals surface area contributed by atoms with Crippen LogP contribution in [0.25, 0.3) is 10.8 Å². The smallest absolute Gasteiger partial charge is 0.296 e. The Hall–Kier alpha value is -3.15. The molecule has 0 atom stereocenters. The number of benzene rings is 3. The predicted molar refractivity (Wildman–Crippen MR) is 115 cm³/mol. The minimum absolute atomic E-state index is 0.0164. The number of anilines is 1. The molecule has 0 bridgehead atoms. The van der Waals surface area contributed by atoms with E-state index in [0.29, 0.717) is 0 Å². The summed E-state index contributed by atoms with van der Waals surface area (Å²) in [5.41, 5.74) is 4.37. The number of phenolic OH excluding ortho intramolecular Hbond substituents is 1. The first-order valence-corrected chi connectivity index (χ1v) is 12.9. The molecule has 0 aromatic heterocycles. The van der Waals surface area contributed by atoms with E-state index in [4.69, 9.17) is 5.73 Å². The molecule has 0 heterocycles. The van der Waals surface area contributed by atoms with Crippen LogP contribution in [-0.4, -0.2) is 44.0 Å². The third kappa shape index (κ3) is 4.95. The van der Waals surface area contributed by atoms with Gasteiger partial charge in [0.1, 0.15) is 21.2 Å². The van der Waals surface area contributed by atoms with Crippen molar-refractivity contribution < 1.29 is 44.0 Å². The molecular formula is C17H15N3O10S3. The van der Waals surface area contributed by atoms with Crippen molar-refractivity contribution in [3.63, 3.8) is 0 Å². The summed E-state index contributed by atoms with van der Waals surface area (Å²) in [4.78, 5) is -2.32. The number of hydrogen-bond donors (Lipinski definition) is 5. The quantitative estimate of drug-likeness (QED) is 0.187. The standard InChI is InChI=1S/C17H15N3O10S3/c1-8-4-11(31(22,23)24)5-9-6-14(33(28,29)30)16(17(21)15(8)9)20-19-12-7-10(18)2-3-13(12)32(25,26)27/h2-7,21H,18H2,1H3,(H,22,23,24)(H,25,26,27)(H,28,29,30). The topological polar surface area (TPSA) is 234 Å². The van der Waals surface area contributed by atoms with E-state index >= 15 is 0 Å². The lowest BCUT2D eigenvalue weighted by Crippen LogP contribution is -2.02. The van der Waals surface area contributed by atoms with E-state index in [1.165, 1.54) is 6.92 Å². The second-order valence-corrected chi connectivity index (χ2v) is 11.0. The molecule has 0 radical (unpaired) electrons. The molecule has 0 unspecified atom stereocenters. The van der Waals surface area contributed by atoms with Crippen LogP contribution in [0.4, 0.5) is 17.1 Å². The van der Waals surface area contributed by atoms with E-state index in [0.717, 1.165) is 36.4 Å². The number of aryl methyl sites for hydroxylation is 1. The van der Waals surface area contributed by atoms with Crippen molar-refractivity contribution in [2.24, 2.45) is 10.2 Å². The number of phenols is 1. The van der Waals surface area contributed by atoms with Gasteiger partial charge in [0.25, 0.3) is 30.4 Å². The number of hydrogen-bond acceptors (Lipinski definition) is 10. The van der Waals surface area contributed by atoms with Gasteiger partial charge in [-0.3, -0.25) is 13.7 Å². The molecule has 0 aliphatic heterocycles. The maximum absolute atomic E-state index is 11.9. The molecule has 3 aromatic carbocycles. The summed E-state index contributed by atoms with van der Waals surface area (Å²) in [7, 11) is -14.5. The molecule has 33 heavy (non-hydrogen) atoms. The van der Waals surface area contributed by atoms with E-state index < -0.39 is 62.2 Å². The van der Waals surface area contributed by atoms with E-state index in [1.54, 1.807) is 0 Å². The van der Waals surface area contributed by atoms with Crippen molar-refractivity contribution in [2.75, 3.05) is 5.73 Å². The molecule has 6 N–H and O–H groups in total. The van der Waals surface area contributed by atoms with Crippen molar-refractivity contribution in [1.82, 2.24) is 0 Å². The van der Waals surface area contributed by atoms with Crippen LogP contribution in [0, 0.1) is 6.92 Å². The van der Waals surface area contributed by atoms with Gasteiger partial charge in [0, 0.05) is 11.1 Å². The highest BCUT2D eigenvalue weighted by Gasteiger charge is 2.25. The first-order valence-electron chi connectivity index (χ1n) is 8.54. The number of azo groups is 1. The number of nitrogens with zero attached hydrogens (tertiary/aromatic N) is 2. The normalized spacial score (nSPS) is 13.1. The monoisotopic (exact) mass is 517 g/mol. The molecule has 0 spiro atoms. The van der Waals surface area contributed by atoms with Crippen molar-refractivity contribution in [3.05, 3.63) is 42.0 Å². The zero-order chi connectivity index (χ0) is 24.9. The fourth-order valence-corrected chi connectivity index (χ4v) is 4.90. The fraction of sp³-hybridized carbons (Fsp3) is 0.0588. The molecule has 0 aliphatic carbocycles. The van der Waals surface area contributed by atoms with E-state index in [9.17, 15) is 44.0 Å². The summed E-state index contributed by atoms with van der Waals surface area (Å²) in [5, 5.41) is 17.5. The Balaban J connectivity index is 2.38. The number of nitrogen functional groups attached to an aromatic ring is 1. The summed E-state index contributed by atoms with van der Waals surface area (Å²) < 4.78 is 98.2. The first-order chi connectivity index (χ1) is 15.0. The SMILES string of the molecule is Cc1cc(S(=O)(=O)O)cc2cc(S(=O)(=O)O)c(N=Nc3cc(N)ccc3S(=O)(=O)O)c(O)c12. The highest BCUT2D eigenvalue weighted by molar-refractivity contribution is 7.86. The van der Waals surface area contributed by atoms with E-state index in [-0.39, 0.29) is 22.0 Å². The second kappa shape index (κ2) is 8.01. The van der Waals surface area contributed by atoms with Crippen molar-refractivity contribution in [2.45, 2.75) is 21.6 Å². The summed E-state index contributed by atoms with van der Waals surface area (Å²) in [6.45, 7) is 1.35. The van der Waals surface area contributed by atoms with Crippen LogP contribution in [-0.2, 0) is 30.4 Å². The van der Waals surface area contributed by atoms with Crippen LogP contribution in [0.1, 0.15) is 5.56 Å². The zero-order valence-electron chi connectivity index (χ0n) is 16.4. The molecule has 3 rings (SSSR count). The highest BCUT2D eigenvalue weighted by atomic mass is 32.2. The summed E-state index contributed by atoms with van der Waals surface area (Å²) in [6.07, 6.45) is 0. The van der Waals surface area contributed by atoms with Gasteiger partial charge in [0.2, 0.25) is 0 Å². The van der Waals surface area contributed by atoms with Gasteiger partial charge >= 0.3 is 0 Å². The lowest BCUT2D eigenvalue weighted by Gasteiger charge is -2.12. The van der Waals surface area contributed by atoms with Gasteiger partial charge in [-0.2, -0.15) is 25.3 Å². The van der Waals surface area contributed by atoms with Gasteiger partial charge in [-0.05, 0) is 54.3 Å². The Labute approximate surface area is 187 Å². The van der Waals surface area contributed by atoms with Crippen LogP contribution in [0.2, 0.25) is 0 Å². The lowest BCUT2D eigenvalue weighted by atomic mass is 10.0. The van der Waals surface area contributed by atoms with Crippen LogP contribution < -0.4 is 5.73 Å². The van der Waals surface area contributed by atoms with Crippen molar-refractivity contribution >= 4 is 58.2 Å². The van der Waals surface area contributed by atoms with E-state index in [2.05, 4.69) is 10.2 Å². The third-order valence-electron chi connectivity index (χ3n) is 4.42. The number of rotatable bonds is 5. The lowest BCUT2D eigenvalue weighted by molar-refractivity contribution is 0.471. The molecule has 0 saturated heterocycles. The summed E-state index contributed by atoms with van der Waals surface area (Å²) >= 11 is 0. The Morgan fingerprint density at radius 1 is 0.788 bits per heavy atom. The minimum Gasteiger partial charge on any atom is -0.505 e. The average Bonchev–Trinajstić information content (AvgIpc) is 2.64. The van der Waals surface area contributed by atoms with Crippen LogP contribution in [0.3, 0.4) is 0 Å². The number of fused-ring (bicyclic) bond motifs is 1. The molecule has 176 valence electrons.